The number of benzene rings is 2. The Bertz CT molecular complexity index is 1340. The molecule has 8 heteroatoms. The Morgan fingerprint density at radius 3 is 2.51 bits per heavy atom. The number of ether oxygens (including phenoxy) is 1. The smallest absolute Gasteiger partial charge is 0.335 e. The van der Waals surface area contributed by atoms with Crippen molar-refractivity contribution in [3.05, 3.63) is 108 Å². The van der Waals surface area contributed by atoms with Crippen molar-refractivity contribution in [2.24, 2.45) is 0 Å². The third kappa shape index (κ3) is 4.61. The van der Waals surface area contributed by atoms with Crippen LogP contribution in [0.4, 0.5) is 0 Å². The molecule has 0 aliphatic carbocycles. The van der Waals surface area contributed by atoms with Crippen molar-refractivity contribution in [3.63, 3.8) is 0 Å². The molecule has 5 rings (SSSR count). The first-order chi connectivity index (χ1) is 17.0. The van der Waals surface area contributed by atoms with Crippen LogP contribution in [-0.4, -0.2) is 33.2 Å². The molecule has 2 aromatic heterocycles. The van der Waals surface area contributed by atoms with E-state index in [1.165, 1.54) is 0 Å². The average molecular weight is 486 g/mol. The number of hydrogen-bond donors (Lipinski definition) is 2. The van der Waals surface area contributed by atoms with Crippen molar-refractivity contribution in [3.8, 4) is 17.1 Å². The molecule has 0 bridgehead atoms. The lowest BCUT2D eigenvalue weighted by Crippen LogP contribution is -2.29. The SMILES string of the molecule is COc1ccc(CN2C(=S)N[C@H](c3ccccn3)[C@@H]2c2ccc(-c3ccc(C(=O)O)cc3)o2)cc1. The van der Waals surface area contributed by atoms with Crippen LogP contribution in [0.5, 0.6) is 5.75 Å². The summed E-state index contributed by atoms with van der Waals surface area (Å²) in [4.78, 5) is 17.9. The number of thiocarbonyl (C=S) groups is 1. The lowest BCUT2D eigenvalue weighted by atomic mass is 10.0. The summed E-state index contributed by atoms with van der Waals surface area (Å²) in [7, 11) is 1.64. The van der Waals surface area contributed by atoms with Gasteiger partial charge in [0.05, 0.1) is 24.4 Å². The number of nitrogens with zero attached hydrogens (tertiary/aromatic N) is 2. The summed E-state index contributed by atoms with van der Waals surface area (Å²) < 4.78 is 11.6. The van der Waals surface area contributed by atoms with Gasteiger partial charge in [-0.3, -0.25) is 4.98 Å². The maximum Gasteiger partial charge on any atom is 0.335 e. The number of carbonyl (C=O) groups is 1. The summed E-state index contributed by atoms with van der Waals surface area (Å²) in [6.07, 6.45) is 1.76. The fourth-order valence-electron chi connectivity index (χ4n) is 4.26. The van der Waals surface area contributed by atoms with E-state index in [1.807, 2.05) is 54.6 Å². The van der Waals surface area contributed by atoms with Gasteiger partial charge < -0.3 is 24.5 Å². The molecule has 0 saturated carbocycles. The normalized spacial score (nSPS) is 17.3. The van der Waals surface area contributed by atoms with Crippen LogP contribution >= 0.6 is 12.2 Å². The van der Waals surface area contributed by atoms with Crippen molar-refractivity contribution in [1.82, 2.24) is 15.2 Å². The van der Waals surface area contributed by atoms with Gasteiger partial charge in [0.2, 0.25) is 0 Å². The van der Waals surface area contributed by atoms with Crippen molar-refractivity contribution in [1.29, 1.82) is 0 Å². The van der Waals surface area contributed by atoms with Crippen LogP contribution in [0.15, 0.2) is 89.5 Å². The Morgan fingerprint density at radius 1 is 1.09 bits per heavy atom. The lowest BCUT2D eigenvalue weighted by molar-refractivity contribution is 0.0697. The van der Waals surface area contributed by atoms with Gasteiger partial charge in [0.15, 0.2) is 5.11 Å². The number of carboxylic acids is 1. The number of methoxy groups -OCH3 is 1. The number of hydrogen-bond acceptors (Lipinski definition) is 5. The molecule has 176 valence electrons. The second-order valence-corrected chi connectivity index (χ2v) is 8.57. The first-order valence-electron chi connectivity index (χ1n) is 11.1. The van der Waals surface area contributed by atoms with Gasteiger partial charge in [-0.2, -0.15) is 0 Å². The minimum Gasteiger partial charge on any atom is -0.497 e. The third-order valence-corrected chi connectivity index (χ3v) is 6.40. The summed E-state index contributed by atoms with van der Waals surface area (Å²) in [5.41, 5.74) is 2.97. The Morgan fingerprint density at radius 2 is 1.86 bits per heavy atom. The van der Waals surface area contributed by atoms with Crippen LogP contribution in [0.3, 0.4) is 0 Å². The zero-order valence-electron chi connectivity index (χ0n) is 18.9. The molecule has 35 heavy (non-hydrogen) atoms. The fraction of sp³-hybridized carbons (Fsp3) is 0.148. The number of nitrogens with one attached hydrogen (secondary N) is 1. The van der Waals surface area contributed by atoms with Crippen LogP contribution in [0, 0.1) is 0 Å². The standard InChI is InChI=1S/C27H23N3O4S/c1-33-20-11-5-17(6-12-20)16-30-25(24(29-27(30)35)21-4-2-3-15-28-21)23-14-13-22(34-23)18-7-9-19(10-8-18)26(31)32/h2-15,24-25H,16H2,1H3,(H,29,35)(H,31,32)/t24-,25+/m1/s1. The number of aromatic carboxylic acids is 1. The quantitative estimate of drug-likeness (QED) is 0.345. The van der Waals surface area contributed by atoms with Crippen molar-refractivity contribution in [2.45, 2.75) is 18.6 Å². The maximum absolute atomic E-state index is 11.2. The molecule has 1 aliphatic heterocycles. The number of rotatable bonds is 7. The Kier molecular flexibility index (Phi) is 6.20. The molecule has 1 aliphatic rings. The van der Waals surface area contributed by atoms with E-state index in [4.69, 9.17) is 21.4 Å². The molecule has 0 spiro atoms. The third-order valence-electron chi connectivity index (χ3n) is 6.04. The van der Waals surface area contributed by atoms with Crippen molar-refractivity contribution < 1.29 is 19.1 Å². The highest BCUT2D eigenvalue weighted by molar-refractivity contribution is 7.80. The summed E-state index contributed by atoms with van der Waals surface area (Å²) in [5.74, 6) is 1.22. The molecule has 1 fully saturated rings. The minimum absolute atomic E-state index is 0.199. The monoisotopic (exact) mass is 485 g/mol. The summed E-state index contributed by atoms with van der Waals surface area (Å²) in [5, 5.41) is 13.2. The van der Waals surface area contributed by atoms with Gasteiger partial charge in [0, 0.05) is 18.3 Å². The van der Waals surface area contributed by atoms with E-state index in [0.29, 0.717) is 17.4 Å². The van der Waals surface area contributed by atoms with E-state index in [1.54, 1.807) is 37.6 Å². The topological polar surface area (TPSA) is 87.8 Å². The molecule has 2 N–H and O–H groups in total. The van der Waals surface area contributed by atoms with Crippen LogP contribution in [0.2, 0.25) is 0 Å². The van der Waals surface area contributed by atoms with Crippen LogP contribution in [-0.2, 0) is 6.54 Å². The molecule has 2 aromatic carbocycles. The fourth-order valence-corrected chi connectivity index (χ4v) is 4.56. The predicted octanol–water partition coefficient (Wildman–Crippen LogP) is 5.22. The molecule has 7 nitrogen and oxygen atoms in total. The Balaban J connectivity index is 1.49. The van der Waals surface area contributed by atoms with Gasteiger partial charge in [0.1, 0.15) is 23.3 Å². The molecule has 1 saturated heterocycles. The molecule has 0 radical (unpaired) electrons. The Hall–Kier alpha value is -4.17. The van der Waals surface area contributed by atoms with Crippen LogP contribution in [0.1, 0.15) is 39.5 Å². The summed E-state index contributed by atoms with van der Waals surface area (Å²) in [6.45, 7) is 0.577. The number of furan rings is 1. The Labute approximate surface area is 208 Å². The highest BCUT2D eigenvalue weighted by Gasteiger charge is 2.41. The lowest BCUT2D eigenvalue weighted by Gasteiger charge is -2.26. The minimum atomic E-state index is -0.963. The van der Waals surface area contributed by atoms with Gasteiger partial charge in [-0.05, 0) is 66.3 Å². The van der Waals surface area contributed by atoms with Gasteiger partial charge in [0.25, 0.3) is 0 Å². The van der Waals surface area contributed by atoms with Gasteiger partial charge in [-0.15, -0.1) is 0 Å². The number of carboxylic acid groups (broad SMARTS) is 1. The van der Waals surface area contributed by atoms with Crippen molar-refractivity contribution >= 4 is 23.3 Å². The van der Waals surface area contributed by atoms with E-state index in [-0.39, 0.29) is 17.6 Å². The van der Waals surface area contributed by atoms with Gasteiger partial charge in [-0.1, -0.05) is 30.3 Å². The average Bonchev–Trinajstić information content (AvgIpc) is 3.50. The molecular formula is C27H23N3O4S. The predicted molar refractivity (Wildman–Crippen MR) is 135 cm³/mol. The molecule has 3 heterocycles. The van der Waals surface area contributed by atoms with Crippen molar-refractivity contribution in [2.75, 3.05) is 7.11 Å². The molecule has 0 unspecified atom stereocenters. The second kappa shape index (κ2) is 9.60. The second-order valence-electron chi connectivity index (χ2n) is 8.19. The van der Waals surface area contributed by atoms with Gasteiger partial charge in [-0.25, -0.2) is 4.79 Å². The van der Waals surface area contributed by atoms with Crippen LogP contribution < -0.4 is 10.1 Å². The number of pyridine rings is 1. The zero-order chi connectivity index (χ0) is 24.4. The van der Waals surface area contributed by atoms with E-state index < -0.39 is 5.97 Å². The van der Waals surface area contributed by atoms with Gasteiger partial charge >= 0.3 is 5.97 Å². The highest BCUT2D eigenvalue weighted by atomic mass is 32.1. The highest BCUT2D eigenvalue weighted by Crippen LogP contribution is 2.41. The zero-order valence-corrected chi connectivity index (χ0v) is 19.7. The van der Waals surface area contributed by atoms with E-state index in [2.05, 4.69) is 15.2 Å². The van der Waals surface area contributed by atoms with E-state index in [0.717, 1.165) is 28.3 Å². The summed E-state index contributed by atoms with van der Waals surface area (Å²) >= 11 is 5.75. The molecule has 0 amide bonds. The largest absolute Gasteiger partial charge is 0.497 e. The first kappa shape index (κ1) is 22.6. The molecular weight excluding hydrogens is 462 g/mol. The van der Waals surface area contributed by atoms with E-state index in [9.17, 15) is 9.90 Å². The number of aromatic nitrogens is 1. The molecule has 2 atom stereocenters. The summed E-state index contributed by atoms with van der Waals surface area (Å²) in [6, 6.07) is 23.7. The van der Waals surface area contributed by atoms with Crippen LogP contribution in [0.25, 0.3) is 11.3 Å². The maximum atomic E-state index is 11.2. The van der Waals surface area contributed by atoms with E-state index >= 15 is 0 Å². The molecule has 4 aromatic rings. The first-order valence-corrected chi connectivity index (χ1v) is 11.5.